The van der Waals surface area contributed by atoms with Crippen molar-refractivity contribution in [2.75, 3.05) is 0 Å². The number of amides is 1. The first-order valence-corrected chi connectivity index (χ1v) is 4.83. The van der Waals surface area contributed by atoms with Crippen LogP contribution < -0.4 is 5.32 Å². The van der Waals surface area contributed by atoms with Gasteiger partial charge in [-0.05, 0) is 19.8 Å². The number of hydrogen-bond acceptors (Lipinski definition) is 2. The maximum atomic E-state index is 11.7. The molecule has 1 aromatic rings. The molecular weight excluding hydrogens is 178 g/mol. The number of hydrogen-bond donors (Lipinski definition) is 2. The van der Waals surface area contributed by atoms with Crippen LogP contribution in [0.2, 0.25) is 0 Å². The summed E-state index contributed by atoms with van der Waals surface area (Å²) in [6, 6.07) is 0.178. The molecule has 2 N–H and O–H groups in total. The summed E-state index contributed by atoms with van der Waals surface area (Å²) in [5.41, 5.74) is 1.43. The molecule has 1 unspecified atom stereocenters. The Morgan fingerprint density at radius 1 is 1.50 bits per heavy atom. The van der Waals surface area contributed by atoms with E-state index >= 15 is 0 Å². The second kappa shape index (κ2) is 4.26. The van der Waals surface area contributed by atoms with Crippen LogP contribution in [0.15, 0.2) is 6.20 Å². The molecule has 0 aliphatic carbocycles. The van der Waals surface area contributed by atoms with Crippen LogP contribution >= 0.6 is 0 Å². The van der Waals surface area contributed by atoms with E-state index in [1.807, 2.05) is 13.8 Å². The predicted molar refractivity (Wildman–Crippen MR) is 55.1 cm³/mol. The van der Waals surface area contributed by atoms with Crippen LogP contribution in [0.4, 0.5) is 0 Å². The van der Waals surface area contributed by atoms with Gasteiger partial charge in [0.25, 0.3) is 5.91 Å². The van der Waals surface area contributed by atoms with Gasteiger partial charge in [-0.15, -0.1) is 0 Å². The molecule has 0 aromatic carbocycles. The summed E-state index contributed by atoms with van der Waals surface area (Å²) in [5, 5.41) is 9.47. The molecule has 0 saturated carbocycles. The van der Waals surface area contributed by atoms with Crippen molar-refractivity contribution < 1.29 is 4.79 Å². The van der Waals surface area contributed by atoms with E-state index in [2.05, 4.69) is 29.4 Å². The third-order valence-corrected chi connectivity index (χ3v) is 2.43. The van der Waals surface area contributed by atoms with Gasteiger partial charge in [-0.25, -0.2) is 0 Å². The van der Waals surface area contributed by atoms with Gasteiger partial charge in [0.1, 0.15) is 0 Å². The maximum Gasteiger partial charge on any atom is 0.254 e. The fraction of sp³-hybridized carbons (Fsp3) is 0.600. The monoisotopic (exact) mass is 195 g/mol. The van der Waals surface area contributed by atoms with Crippen molar-refractivity contribution in [3.8, 4) is 0 Å². The van der Waals surface area contributed by atoms with E-state index < -0.39 is 0 Å². The number of carbonyl (C=O) groups is 1. The van der Waals surface area contributed by atoms with Gasteiger partial charge in [0.15, 0.2) is 0 Å². The predicted octanol–water partition coefficient (Wildman–Crippen LogP) is 1.49. The molecule has 0 aliphatic heterocycles. The second-order valence-corrected chi connectivity index (χ2v) is 3.91. The Morgan fingerprint density at radius 3 is 2.57 bits per heavy atom. The van der Waals surface area contributed by atoms with Crippen molar-refractivity contribution in [2.24, 2.45) is 5.92 Å². The molecule has 0 fully saturated rings. The lowest BCUT2D eigenvalue weighted by atomic mass is 10.1. The standard InChI is InChI=1S/C10H17N3O/c1-6(2)7(3)12-10(14)9-5-11-13-8(9)4/h5-7H,1-4H3,(H,11,13)(H,12,14). The molecule has 1 amide bonds. The van der Waals surface area contributed by atoms with Crippen LogP contribution in [-0.4, -0.2) is 22.1 Å². The molecule has 0 bridgehead atoms. The summed E-state index contributed by atoms with van der Waals surface area (Å²) in [4.78, 5) is 11.7. The number of H-pyrrole nitrogens is 1. The highest BCUT2D eigenvalue weighted by molar-refractivity contribution is 5.95. The molecule has 4 heteroatoms. The number of carbonyl (C=O) groups excluding carboxylic acids is 1. The first-order valence-electron chi connectivity index (χ1n) is 4.83. The van der Waals surface area contributed by atoms with Gasteiger partial charge in [0.05, 0.1) is 11.8 Å². The molecule has 4 nitrogen and oxygen atoms in total. The van der Waals surface area contributed by atoms with E-state index in [0.717, 1.165) is 5.69 Å². The Hall–Kier alpha value is -1.32. The van der Waals surface area contributed by atoms with E-state index in [4.69, 9.17) is 0 Å². The Labute approximate surface area is 84.1 Å². The molecule has 1 atom stereocenters. The van der Waals surface area contributed by atoms with Crippen LogP contribution in [-0.2, 0) is 0 Å². The van der Waals surface area contributed by atoms with E-state index in [-0.39, 0.29) is 11.9 Å². The minimum atomic E-state index is -0.0579. The summed E-state index contributed by atoms with van der Waals surface area (Å²) in [7, 11) is 0. The smallest absolute Gasteiger partial charge is 0.254 e. The number of nitrogens with one attached hydrogen (secondary N) is 2. The lowest BCUT2D eigenvalue weighted by Crippen LogP contribution is -2.36. The highest BCUT2D eigenvalue weighted by Gasteiger charge is 2.14. The molecular formula is C10H17N3O. The molecule has 14 heavy (non-hydrogen) atoms. The summed E-state index contributed by atoms with van der Waals surface area (Å²) < 4.78 is 0. The van der Waals surface area contributed by atoms with Crippen molar-refractivity contribution in [3.05, 3.63) is 17.5 Å². The second-order valence-electron chi connectivity index (χ2n) is 3.91. The molecule has 0 saturated heterocycles. The first-order chi connectivity index (χ1) is 6.52. The minimum absolute atomic E-state index is 0.0579. The number of aromatic nitrogens is 2. The van der Waals surface area contributed by atoms with Crippen LogP contribution in [0.25, 0.3) is 0 Å². The van der Waals surface area contributed by atoms with Gasteiger partial charge in [-0.3, -0.25) is 9.89 Å². The zero-order chi connectivity index (χ0) is 10.7. The Morgan fingerprint density at radius 2 is 2.14 bits per heavy atom. The van der Waals surface area contributed by atoms with Crippen LogP contribution in [0.5, 0.6) is 0 Å². The molecule has 1 heterocycles. The zero-order valence-corrected chi connectivity index (χ0v) is 9.09. The quantitative estimate of drug-likeness (QED) is 0.767. The molecule has 1 aromatic heterocycles. The normalized spacial score (nSPS) is 12.9. The molecule has 1 rings (SSSR count). The topological polar surface area (TPSA) is 57.8 Å². The lowest BCUT2D eigenvalue weighted by molar-refractivity contribution is 0.0930. The van der Waals surface area contributed by atoms with Gasteiger partial charge >= 0.3 is 0 Å². The summed E-state index contributed by atoms with van der Waals surface area (Å²) in [6.07, 6.45) is 1.55. The fourth-order valence-electron chi connectivity index (χ4n) is 1.03. The largest absolute Gasteiger partial charge is 0.349 e. The molecule has 0 radical (unpaired) electrons. The van der Waals surface area contributed by atoms with Gasteiger partial charge in [0, 0.05) is 11.7 Å². The highest BCUT2D eigenvalue weighted by atomic mass is 16.1. The first kappa shape index (κ1) is 10.8. The third-order valence-electron chi connectivity index (χ3n) is 2.43. The van der Waals surface area contributed by atoms with Gasteiger partial charge in [-0.2, -0.15) is 5.10 Å². The number of aryl methyl sites for hydroxylation is 1. The Balaban J connectivity index is 2.64. The van der Waals surface area contributed by atoms with E-state index in [0.29, 0.717) is 11.5 Å². The van der Waals surface area contributed by atoms with Gasteiger partial charge in [0.2, 0.25) is 0 Å². The third kappa shape index (κ3) is 2.34. The van der Waals surface area contributed by atoms with Crippen molar-refractivity contribution in [1.82, 2.24) is 15.5 Å². The van der Waals surface area contributed by atoms with Crippen molar-refractivity contribution in [2.45, 2.75) is 33.7 Å². The molecule has 0 aliphatic rings. The van der Waals surface area contributed by atoms with E-state index in [1.165, 1.54) is 0 Å². The summed E-state index contributed by atoms with van der Waals surface area (Å²) in [6.45, 7) is 7.99. The van der Waals surface area contributed by atoms with E-state index in [1.54, 1.807) is 6.20 Å². The maximum absolute atomic E-state index is 11.7. The fourth-order valence-corrected chi connectivity index (χ4v) is 1.03. The average Bonchev–Trinajstić information content (AvgIpc) is 2.51. The van der Waals surface area contributed by atoms with Crippen molar-refractivity contribution >= 4 is 5.91 Å². The lowest BCUT2D eigenvalue weighted by Gasteiger charge is -2.16. The average molecular weight is 195 g/mol. The summed E-state index contributed by atoms with van der Waals surface area (Å²) >= 11 is 0. The number of aromatic amines is 1. The Bertz CT molecular complexity index is 317. The van der Waals surface area contributed by atoms with Gasteiger partial charge < -0.3 is 5.32 Å². The molecule has 78 valence electrons. The van der Waals surface area contributed by atoms with Crippen molar-refractivity contribution in [3.63, 3.8) is 0 Å². The summed E-state index contributed by atoms with van der Waals surface area (Å²) in [5.74, 6) is 0.378. The van der Waals surface area contributed by atoms with Crippen LogP contribution in [0.3, 0.4) is 0 Å². The number of rotatable bonds is 3. The van der Waals surface area contributed by atoms with E-state index in [9.17, 15) is 4.79 Å². The minimum Gasteiger partial charge on any atom is -0.349 e. The molecule has 0 spiro atoms. The van der Waals surface area contributed by atoms with Crippen molar-refractivity contribution in [1.29, 1.82) is 0 Å². The van der Waals surface area contributed by atoms with Gasteiger partial charge in [-0.1, -0.05) is 13.8 Å². The Kier molecular flexibility index (Phi) is 3.28. The zero-order valence-electron chi connectivity index (χ0n) is 9.09. The van der Waals surface area contributed by atoms with Crippen LogP contribution in [0.1, 0.15) is 36.8 Å². The SMILES string of the molecule is Cc1[nH]ncc1C(=O)NC(C)C(C)C. The number of nitrogens with zero attached hydrogens (tertiary/aromatic N) is 1. The van der Waals surface area contributed by atoms with Crippen LogP contribution in [0, 0.1) is 12.8 Å². The highest BCUT2D eigenvalue weighted by Crippen LogP contribution is 2.05.